The van der Waals surface area contributed by atoms with Gasteiger partial charge in [0.05, 0.1) is 5.69 Å². The van der Waals surface area contributed by atoms with E-state index in [2.05, 4.69) is 205 Å². The Hall–Kier alpha value is -6.52. The van der Waals surface area contributed by atoms with Crippen LogP contribution in [0.4, 0.5) is 17.1 Å². The average molecular weight is 736 g/mol. The van der Waals surface area contributed by atoms with Crippen LogP contribution in [0, 0.1) is 0 Å². The molecule has 0 spiro atoms. The van der Waals surface area contributed by atoms with Crippen LogP contribution in [0.1, 0.15) is 0 Å². The van der Waals surface area contributed by atoms with Crippen LogP contribution in [0.3, 0.4) is 0 Å². The molecule has 2 aromatic heterocycles. The van der Waals surface area contributed by atoms with Gasteiger partial charge in [-0.2, -0.15) is 0 Å². The lowest BCUT2D eigenvalue weighted by atomic mass is 9.96. The van der Waals surface area contributed by atoms with Crippen LogP contribution in [-0.2, 0) is 0 Å². The third-order valence-corrected chi connectivity index (χ3v) is 13.1. The predicted molar refractivity (Wildman–Crippen MR) is 241 cm³/mol. The van der Waals surface area contributed by atoms with E-state index in [1.807, 2.05) is 22.7 Å². The van der Waals surface area contributed by atoms with Crippen molar-refractivity contribution in [2.45, 2.75) is 0 Å². The second-order valence-electron chi connectivity index (χ2n) is 14.1. The number of nitrogens with zero attached hydrogens (tertiary/aromatic N) is 1. The maximum Gasteiger partial charge on any atom is 0.0540 e. The number of anilines is 3. The second kappa shape index (κ2) is 13.1. The molecule has 258 valence electrons. The molecule has 1 nitrogen and oxygen atoms in total. The Kier molecular flexibility index (Phi) is 7.61. The van der Waals surface area contributed by atoms with Crippen molar-refractivity contribution in [1.29, 1.82) is 0 Å². The topological polar surface area (TPSA) is 3.24 Å². The van der Waals surface area contributed by atoms with Crippen LogP contribution in [0.25, 0.3) is 84.5 Å². The van der Waals surface area contributed by atoms with Gasteiger partial charge in [-0.1, -0.05) is 133 Å². The Labute approximate surface area is 327 Å². The van der Waals surface area contributed by atoms with E-state index in [1.54, 1.807) is 0 Å². The molecule has 0 amide bonds. The summed E-state index contributed by atoms with van der Waals surface area (Å²) in [4.78, 5) is 2.45. The normalized spacial score (nSPS) is 11.6. The fourth-order valence-corrected chi connectivity index (χ4v) is 10.5. The molecule has 0 saturated heterocycles. The molecule has 0 fully saturated rings. The van der Waals surface area contributed by atoms with E-state index < -0.39 is 0 Å². The molecule has 0 N–H and O–H groups in total. The Morgan fingerprint density at radius 2 is 0.855 bits per heavy atom. The van der Waals surface area contributed by atoms with Crippen molar-refractivity contribution in [1.82, 2.24) is 0 Å². The molecule has 11 aromatic rings. The molecule has 11 rings (SSSR count). The molecule has 9 aromatic carbocycles. The van der Waals surface area contributed by atoms with E-state index >= 15 is 0 Å². The number of para-hydroxylation sites is 1. The summed E-state index contributed by atoms with van der Waals surface area (Å²) in [5.74, 6) is 0. The fourth-order valence-electron chi connectivity index (χ4n) is 8.25. The summed E-state index contributed by atoms with van der Waals surface area (Å²) in [6, 6.07) is 73.6. The Balaban J connectivity index is 1.12. The summed E-state index contributed by atoms with van der Waals surface area (Å²) in [5.41, 5.74) is 10.6. The summed E-state index contributed by atoms with van der Waals surface area (Å²) in [5, 5.41) is 7.73. The van der Waals surface area contributed by atoms with Gasteiger partial charge in [0.2, 0.25) is 0 Å². The first-order valence-corrected chi connectivity index (χ1v) is 20.3. The van der Waals surface area contributed by atoms with Gasteiger partial charge in [-0.25, -0.2) is 0 Å². The van der Waals surface area contributed by atoms with Gasteiger partial charge in [-0.3, -0.25) is 0 Å². The van der Waals surface area contributed by atoms with E-state index in [0.29, 0.717) is 0 Å². The third-order valence-electron chi connectivity index (χ3n) is 10.8. The van der Waals surface area contributed by atoms with Crippen LogP contribution in [-0.4, -0.2) is 0 Å². The Morgan fingerprint density at radius 1 is 0.309 bits per heavy atom. The SMILES string of the molecule is c1cc(-c2ccc3ccccc3c2)cc(N(c2cccc(-c3ccc4sc5ccccc5c4c3)c2)c2ccccc2-c2cccc3sc4ccccc4c23)c1. The monoisotopic (exact) mass is 735 g/mol. The van der Waals surface area contributed by atoms with Crippen LogP contribution in [0.5, 0.6) is 0 Å². The minimum atomic E-state index is 1.11. The zero-order valence-corrected chi connectivity index (χ0v) is 31.4. The van der Waals surface area contributed by atoms with E-state index in [0.717, 1.165) is 17.1 Å². The number of benzene rings is 9. The van der Waals surface area contributed by atoms with E-state index in [4.69, 9.17) is 0 Å². The van der Waals surface area contributed by atoms with Gasteiger partial charge in [0.15, 0.2) is 0 Å². The van der Waals surface area contributed by atoms with Crippen molar-refractivity contribution < 1.29 is 0 Å². The first kappa shape index (κ1) is 32.0. The van der Waals surface area contributed by atoms with Crippen molar-refractivity contribution in [3.8, 4) is 33.4 Å². The van der Waals surface area contributed by atoms with Crippen LogP contribution < -0.4 is 4.90 Å². The number of hydrogen-bond acceptors (Lipinski definition) is 3. The van der Waals surface area contributed by atoms with Gasteiger partial charge in [-0.15, -0.1) is 22.7 Å². The zero-order valence-electron chi connectivity index (χ0n) is 29.8. The standard InChI is InChI=1S/C52H33NS2/c1-2-13-35-30-38(27-26-34(35)12-1)36-14-9-16-40(31-36)53(41-17-10-15-37(32-41)39-28-29-50-46(33-39)43-19-4-7-23-48(43)54-50)47-22-6-3-18-42(47)44-21-11-25-51-52(44)45-20-5-8-24-49(45)55-51/h1-33H. The highest BCUT2D eigenvalue weighted by molar-refractivity contribution is 7.26. The fraction of sp³-hybridized carbons (Fsp3) is 0. The van der Waals surface area contributed by atoms with E-state index in [-0.39, 0.29) is 0 Å². The van der Waals surface area contributed by atoms with Crippen molar-refractivity contribution in [3.05, 3.63) is 200 Å². The maximum absolute atomic E-state index is 2.45. The van der Waals surface area contributed by atoms with Gasteiger partial charge >= 0.3 is 0 Å². The molecule has 0 bridgehead atoms. The number of hydrogen-bond donors (Lipinski definition) is 0. The summed E-state index contributed by atoms with van der Waals surface area (Å²) >= 11 is 3.73. The number of rotatable bonds is 6. The van der Waals surface area contributed by atoms with Crippen molar-refractivity contribution in [2.75, 3.05) is 4.90 Å². The number of thiophene rings is 2. The minimum Gasteiger partial charge on any atom is -0.310 e. The molecule has 2 heterocycles. The Bertz CT molecular complexity index is 3240. The summed E-state index contributed by atoms with van der Waals surface area (Å²) in [7, 11) is 0. The summed E-state index contributed by atoms with van der Waals surface area (Å²) in [6.07, 6.45) is 0. The lowest BCUT2D eigenvalue weighted by Crippen LogP contribution is -2.11. The molecule has 0 saturated carbocycles. The van der Waals surface area contributed by atoms with Crippen LogP contribution in [0.2, 0.25) is 0 Å². The highest BCUT2D eigenvalue weighted by atomic mass is 32.1. The molecule has 3 heteroatoms. The highest BCUT2D eigenvalue weighted by Gasteiger charge is 2.21. The van der Waals surface area contributed by atoms with Crippen molar-refractivity contribution in [2.24, 2.45) is 0 Å². The largest absolute Gasteiger partial charge is 0.310 e. The lowest BCUT2D eigenvalue weighted by molar-refractivity contribution is 1.28. The summed E-state index contributed by atoms with van der Waals surface area (Å²) < 4.78 is 5.25. The maximum atomic E-state index is 2.45. The molecule has 0 aliphatic rings. The molecule has 0 aliphatic heterocycles. The second-order valence-corrected chi connectivity index (χ2v) is 16.3. The molecule has 0 atom stereocenters. The quantitative estimate of drug-likeness (QED) is 0.164. The van der Waals surface area contributed by atoms with Gasteiger partial charge in [0, 0.05) is 57.3 Å². The van der Waals surface area contributed by atoms with E-state index in [1.165, 1.54) is 84.5 Å². The first-order valence-electron chi connectivity index (χ1n) is 18.7. The molecule has 55 heavy (non-hydrogen) atoms. The van der Waals surface area contributed by atoms with Crippen LogP contribution >= 0.6 is 22.7 Å². The predicted octanol–water partition coefficient (Wildman–Crippen LogP) is 16.0. The molecule has 0 unspecified atom stereocenters. The highest BCUT2D eigenvalue weighted by Crippen LogP contribution is 2.47. The third kappa shape index (κ3) is 5.51. The number of fused-ring (bicyclic) bond motifs is 7. The zero-order chi connectivity index (χ0) is 36.3. The van der Waals surface area contributed by atoms with Crippen LogP contribution in [0.15, 0.2) is 200 Å². The van der Waals surface area contributed by atoms with Gasteiger partial charge in [-0.05, 0) is 105 Å². The minimum absolute atomic E-state index is 1.11. The van der Waals surface area contributed by atoms with Crippen molar-refractivity contribution >= 4 is 90.9 Å². The van der Waals surface area contributed by atoms with Gasteiger partial charge in [0.25, 0.3) is 0 Å². The van der Waals surface area contributed by atoms with E-state index in [9.17, 15) is 0 Å². The van der Waals surface area contributed by atoms with Gasteiger partial charge in [0.1, 0.15) is 0 Å². The lowest BCUT2D eigenvalue weighted by Gasteiger charge is -2.29. The average Bonchev–Trinajstić information content (AvgIpc) is 3.82. The Morgan fingerprint density at radius 3 is 1.67 bits per heavy atom. The molecule has 0 radical (unpaired) electrons. The summed E-state index contributed by atoms with van der Waals surface area (Å²) in [6.45, 7) is 0. The van der Waals surface area contributed by atoms with Crippen molar-refractivity contribution in [3.63, 3.8) is 0 Å². The molecular formula is C52H33NS2. The first-order chi connectivity index (χ1) is 27.2. The smallest absolute Gasteiger partial charge is 0.0540 e. The molecule has 0 aliphatic carbocycles. The van der Waals surface area contributed by atoms with Gasteiger partial charge < -0.3 is 4.90 Å². The molecular weight excluding hydrogens is 703 g/mol.